The molecule has 6 nitrogen and oxygen atoms in total. The normalized spacial score (nSPS) is 10.8. The summed E-state index contributed by atoms with van der Waals surface area (Å²) in [5.74, 6) is 0.0134. The van der Waals surface area contributed by atoms with E-state index in [1.54, 1.807) is 0 Å². The smallest absolute Gasteiger partial charge is 0.271 e. The molecule has 0 aliphatic carbocycles. The SMILES string of the molecule is CC(C)Oc1c(I)cc(Br)cc1-c1n[nH]nc1C(N)=O. The van der Waals surface area contributed by atoms with Crippen LogP contribution in [0.5, 0.6) is 5.75 Å². The summed E-state index contributed by atoms with van der Waals surface area (Å²) >= 11 is 5.59. The van der Waals surface area contributed by atoms with Gasteiger partial charge in [0.1, 0.15) is 11.4 Å². The number of benzene rings is 1. The molecule has 20 heavy (non-hydrogen) atoms. The third kappa shape index (κ3) is 3.11. The van der Waals surface area contributed by atoms with E-state index in [0.717, 1.165) is 8.04 Å². The lowest BCUT2D eigenvalue weighted by molar-refractivity contribution is 0.0996. The molecular weight excluding hydrogens is 439 g/mol. The van der Waals surface area contributed by atoms with Gasteiger partial charge in [0.05, 0.1) is 9.67 Å². The summed E-state index contributed by atoms with van der Waals surface area (Å²) in [6, 6.07) is 3.75. The molecule has 0 bridgehead atoms. The summed E-state index contributed by atoms with van der Waals surface area (Å²) in [6.45, 7) is 3.86. The van der Waals surface area contributed by atoms with Gasteiger partial charge in [-0.05, 0) is 48.6 Å². The lowest BCUT2D eigenvalue weighted by atomic mass is 10.1. The van der Waals surface area contributed by atoms with E-state index in [9.17, 15) is 4.79 Å². The highest BCUT2D eigenvalue weighted by molar-refractivity contribution is 14.1. The number of nitrogens with one attached hydrogen (secondary N) is 1. The molecule has 0 aliphatic rings. The number of H-pyrrole nitrogens is 1. The standard InChI is InChI=1S/C12H12BrIN4O2/c1-5(2)20-11-7(3-6(13)4-8(11)14)9-10(12(15)19)17-18-16-9/h3-5H,1-2H3,(H2,15,19)(H,16,17,18). The molecule has 1 aromatic carbocycles. The van der Waals surface area contributed by atoms with Crippen molar-refractivity contribution in [2.24, 2.45) is 5.73 Å². The van der Waals surface area contributed by atoms with Crippen molar-refractivity contribution in [1.82, 2.24) is 15.4 Å². The van der Waals surface area contributed by atoms with E-state index in [2.05, 4.69) is 53.9 Å². The number of hydrogen-bond donors (Lipinski definition) is 2. The summed E-state index contributed by atoms with van der Waals surface area (Å²) in [6.07, 6.45) is -0.00706. The largest absolute Gasteiger partial charge is 0.489 e. The van der Waals surface area contributed by atoms with E-state index in [1.807, 2.05) is 26.0 Å². The minimum Gasteiger partial charge on any atom is -0.489 e. The Balaban J connectivity index is 2.65. The van der Waals surface area contributed by atoms with Crippen molar-refractivity contribution in [3.63, 3.8) is 0 Å². The van der Waals surface area contributed by atoms with Gasteiger partial charge in [-0.3, -0.25) is 4.79 Å². The van der Waals surface area contributed by atoms with Crippen LogP contribution in [-0.2, 0) is 0 Å². The van der Waals surface area contributed by atoms with Crippen LogP contribution >= 0.6 is 38.5 Å². The van der Waals surface area contributed by atoms with Crippen molar-refractivity contribution in [3.05, 3.63) is 25.9 Å². The van der Waals surface area contributed by atoms with Crippen molar-refractivity contribution < 1.29 is 9.53 Å². The summed E-state index contributed by atoms with van der Waals surface area (Å²) in [4.78, 5) is 11.4. The van der Waals surface area contributed by atoms with Gasteiger partial charge in [0, 0.05) is 10.0 Å². The van der Waals surface area contributed by atoms with E-state index in [1.165, 1.54) is 0 Å². The van der Waals surface area contributed by atoms with Gasteiger partial charge < -0.3 is 10.5 Å². The molecule has 2 aromatic rings. The lowest BCUT2D eigenvalue weighted by Gasteiger charge is -2.15. The Labute approximate surface area is 137 Å². The van der Waals surface area contributed by atoms with Crippen LogP contribution in [-0.4, -0.2) is 27.4 Å². The number of rotatable bonds is 4. The Morgan fingerprint density at radius 3 is 2.75 bits per heavy atom. The summed E-state index contributed by atoms with van der Waals surface area (Å²) in [5.41, 5.74) is 6.45. The predicted molar refractivity (Wildman–Crippen MR) is 86.5 cm³/mol. The van der Waals surface area contributed by atoms with E-state index in [0.29, 0.717) is 17.0 Å². The maximum absolute atomic E-state index is 11.4. The number of amides is 1. The van der Waals surface area contributed by atoms with Crippen LogP contribution in [0.1, 0.15) is 24.3 Å². The molecule has 3 N–H and O–H groups in total. The fraction of sp³-hybridized carbons (Fsp3) is 0.250. The van der Waals surface area contributed by atoms with Crippen LogP contribution in [0.3, 0.4) is 0 Å². The van der Waals surface area contributed by atoms with Crippen LogP contribution in [0.4, 0.5) is 0 Å². The minimum absolute atomic E-state index is 0.00706. The number of nitrogens with two attached hydrogens (primary N) is 1. The number of ether oxygens (including phenoxy) is 1. The molecule has 8 heteroatoms. The molecule has 0 spiro atoms. The number of halogens is 2. The van der Waals surface area contributed by atoms with Gasteiger partial charge in [-0.2, -0.15) is 15.4 Å². The Morgan fingerprint density at radius 1 is 1.45 bits per heavy atom. The van der Waals surface area contributed by atoms with Crippen molar-refractivity contribution >= 4 is 44.4 Å². The van der Waals surface area contributed by atoms with Crippen molar-refractivity contribution in [2.45, 2.75) is 20.0 Å². The molecule has 0 atom stereocenters. The second-order valence-electron chi connectivity index (χ2n) is 4.32. The number of carbonyl (C=O) groups is 1. The molecule has 0 radical (unpaired) electrons. The Morgan fingerprint density at radius 2 is 2.15 bits per heavy atom. The lowest BCUT2D eigenvalue weighted by Crippen LogP contribution is -2.13. The number of hydrogen-bond acceptors (Lipinski definition) is 4. The van der Waals surface area contributed by atoms with E-state index < -0.39 is 5.91 Å². The zero-order valence-electron chi connectivity index (χ0n) is 10.8. The van der Waals surface area contributed by atoms with E-state index >= 15 is 0 Å². The van der Waals surface area contributed by atoms with Gasteiger partial charge in [0.15, 0.2) is 5.69 Å². The van der Waals surface area contributed by atoms with Gasteiger partial charge in [-0.25, -0.2) is 0 Å². The molecule has 2 rings (SSSR count). The molecular formula is C12H12BrIN4O2. The number of carbonyl (C=O) groups excluding carboxylic acids is 1. The van der Waals surface area contributed by atoms with Gasteiger partial charge >= 0.3 is 0 Å². The fourth-order valence-corrected chi connectivity index (χ4v) is 3.32. The molecule has 1 aromatic heterocycles. The van der Waals surface area contributed by atoms with Gasteiger partial charge in [0.25, 0.3) is 5.91 Å². The first kappa shape index (κ1) is 15.2. The second-order valence-corrected chi connectivity index (χ2v) is 6.39. The van der Waals surface area contributed by atoms with Gasteiger partial charge in [0.2, 0.25) is 0 Å². The molecule has 1 heterocycles. The molecule has 0 fully saturated rings. The van der Waals surface area contributed by atoms with Crippen molar-refractivity contribution in [2.75, 3.05) is 0 Å². The average molecular weight is 451 g/mol. The summed E-state index contributed by atoms with van der Waals surface area (Å²) in [7, 11) is 0. The Bertz CT molecular complexity index is 657. The quantitative estimate of drug-likeness (QED) is 0.700. The van der Waals surface area contributed by atoms with Crippen molar-refractivity contribution in [1.29, 1.82) is 0 Å². The van der Waals surface area contributed by atoms with Crippen LogP contribution in [0.15, 0.2) is 16.6 Å². The first-order valence-electron chi connectivity index (χ1n) is 5.76. The molecule has 0 saturated heterocycles. The van der Waals surface area contributed by atoms with Crippen molar-refractivity contribution in [3.8, 4) is 17.0 Å². The Kier molecular flexibility index (Phi) is 4.63. The van der Waals surface area contributed by atoms with Crippen LogP contribution < -0.4 is 10.5 Å². The zero-order chi connectivity index (χ0) is 14.9. The topological polar surface area (TPSA) is 93.9 Å². The highest BCUT2D eigenvalue weighted by Crippen LogP contribution is 2.37. The second kappa shape index (κ2) is 6.08. The first-order chi connectivity index (χ1) is 9.40. The first-order valence-corrected chi connectivity index (χ1v) is 7.64. The van der Waals surface area contributed by atoms with Crippen LogP contribution in [0.2, 0.25) is 0 Å². The summed E-state index contributed by atoms with van der Waals surface area (Å²) in [5, 5.41) is 10.2. The number of nitrogens with zero attached hydrogens (tertiary/aromatic N) is 2. The fourth-order valence-electron chi connectivity index (χ4n) is 1.68. The van der Waals surface area contributed by atoms with Gasteiger partial charge in [-0.1, -0.05) is 15.9 Å². The Hall–Kier alpha value is -1.16. The predicted octanol–water partition coefficient (Wildman–Crippen LogP) is 2.72. The van der Waals surface area contributed by atoms with Crippen LogP contribution in [0.25, 0.3) is 11.3 Å². The third-order valence-electron chi connectivity index (χ3n) is 2.40. The monoisotopic (exact) mass is 450 g/mol. The molecule has 1 amide bonds. The molecule has 106 valence electrons. The van der Waals surface area contributed by atoms with E-state index in [4.69, 9.17) is 10.5 Å². The molecule has 0 saturated carbocycles. The maximum atomic E-state index is 11.4. The number of aromatic amines is 1. The highest BCUT2D eigenvalue weighted by atomic mass is 127. The zero-order valence-corrected chi connectivity index (χ0v) is 14.5. The minimum atomic E-state index is -0.640. The van der Waals surface area contributed by atoms with Gasteiger partial charge in [-0.15, -0.1) is 0 Å². The van der Waals surface area contributed by atoms with Crippen LogP contribution in [0, 0.1) is 3.57 Å². The number of aromatic nitrogens is 3. The molecule has 0 unspecified atom stereocenters. The average Bonchev–Trinajstić information content (AvgIpc) is 2.80. The summed E-state index contributed by atoms with van der Waals surface area (Å²) < 4.78 is 7.58. The third-order valence-corrected chi connectivity index (χ3v) is 3.66. The number of primary amides is 1. The molecule has 0 aliphatic heterocycles. The highest BCUT2D eigenvalue weighted by Gasteiger charge is 2.21. The maximum Gasteiger partial charge on any atom is 0.271 e. The van der Waals surface area contributed by atoms with E-state index in [-0.39, 0.29) is 11.8 Å².